The van der Waals surface area contributed by atoms with Crippen LogP contribution in [0.4, 0.5) is 5.69 Å². The van der Waals surface area contributed by atoms with Gasteiger partial charge in [0, 0.05) is 43.4 Å². The topological polar surface area (TPSA) is 127 Å². The molecule has 0 aliphatic carbocycles. The molecule has 0 amide bonds. The molecule has 1 aromatic rings. The highest BCUT2D eigenvalue weighted by atomic mass is 32.1. The molecule has 3 N–H and O–H groups in total. The van der Waals surface area contributed by atoms with Gasteiger partial charge in [-0.2, -0.15) is 12.6 Å². The zero-order chi connectivity index (χ0) is 28.2. The smallest absolute Gasteiger partial charge is 0.290 e. The highest BCUT2D eigenvalue weighted by molar-refractivity contribution is 7.81. The number of Topliss-reactive ketones (excluding diaryl/α,β-unsaturated/α-hetero) is 1. The number of nitrogens with zero attached hydrogens (tertiary/aromatic N) is 1. The van der Waals surface area contributed by atoms with Gasteiger partial charge in [0.1, 0.15) is 18.4 Å². The fourth-order valence-electron chi connectivity index (χ4n) is 2.54. The molecular formula is C27H48N2O6S. The Bertz CT molecular complexity index is 688. The van der Waals surface area contributed by atoms with Crippen molar-refractivity contribution < 1.29 is 29.0 Å². The number of ether oxygens (including phenoxy) is 1. The minimum Gasteiger partial charge on any atom is -0.483 e. The van der Waals surface area contributed by atoms with Gasteiger partial charge in [0.2, 0.25) is 0 Å². The number of ketones is 1. The van der Waals surface area contributed by atoms with Crippen LogP contribution in [0, 0.1) is 6.92 Å². The average molecular weight is 529 g/mol. The number of benzene rings is 1. The van der Waals surface area contributed by atoms with E-state index in [1.165, 1.54) is 0 Å². The van der Waals surface area contributed by atoms with E-state index in [1.54, 1.807) is 6.92 Å². The van der Waals surface area contributed by atoms with Crippen molar-refractivity contribution in [2.75, 3.05) is 32.0 Å². The van der Waals surface area contributed by atoms with Crippen molar-refractivity contribution in [2.45, 2.75) is 85.0 Å². The number of aldehydes is 2. The standard InChI is InChI=1S/C11H21NO2S.C11H17NO.C4H8O.CH2O2/c1-2-12(7-4-3-5-8-13)10-11(15)6-9-14;1-3-6-13-8-10-5-4-9(2)11(12)7-10;1-3-4(2)5;2-1-3/h8-9,11,15H,2-7,10H2,1H3;4-5,7H,3,6,8,12H2,1-2H3;3H2,1-2H3;1H,(H,2,3). The summed E-state index contributed by atoms with van der Waals surface area (Å²) in [6, 6.07) is 6.06. The fourth-order valence-corrected chi connectivity index (χ4v) is 2.86. The van der Waals surface area contributed by atoms with Crippen LogP contribution in [-0.4, -0.2) is 66.3 Å². The molecule has 0 aliphatic heterocycles. The summed E-state index contributed by atoms with van der Waals surface area (Å²) in [5, 5.41) is 7.02. The van der Waals surface area contributed by atoms with Crippen LogP contribution < -0.4 is 5.73 Å². The summed E-state index contributed by atoms with van der Waals surface area (Å²) < 4.78 is 5.41. The molecule has 0 saturated carbocycles. The Hall–Kier alpha value is -2.23. The minimum absolute atomic E-state index is 0.133. The number of carboxylic acid groups (broad SMARTS) is 1. The zero-order valence-electron chi connectivity index (χ0n) is 22.8. The molecule has 208 valence electrons. The first-order valence-electron chi connectivity index (χ1n) is 12.4. The molecule has 0 spiro atoms. The number of aryl methyl sites for hydroxylation is 1. The molecule has 1 rings (SSSR count). The summed E-state index contributed by atoms with van der Waals surface area (Å²) in [6.07, 6.45) is 6.74. The lowest BCUT2D eigenvalue weighted by atomic mass is 10.1. The van der Waals surface area contributed by atoms with Crippen molar-refractivity contribution in [1.29, 1.82) is 0 Å². The quantitative estimate of drug-likeness (QED) is 0.129. The molecule has 0 heterocycles. The van der Waals surface area contributed by atoms with Crippen LogP contribution in [-0.2, 0) is 30.5 Å². The number of rotatable bonds is 15. The van der Waals surface area contributed by atoms with E-state index in [0.717, 1.165) is 74.9 Å². The second-order valence-corrected chi connectivity index (χ2v) is 8.75. The van der Waals surface area contributed by atoms with Crippen molar-refractivity contribution >= 4 is 43.1 Å². The maximum absolute atomic E-state index is 10.3. The third-order valence-corrected chi connectivity index (χ3v) is 5.16. The van der Waals surface area contributed by atoms with Crippen molar-refractivity contribution in [3.8, 4) is 0 Å². The van der Waals surface area contributed by atoms with Crippen molar-refractivity contribution in [2.24, 2.45) is 0 Å². The Morgan fingerprint density at radius 3 is 2.22 bits per heavy atom. The van der Waals surface area contributed by atoms with Crippen molar-refractivity contribution in [3.63, 3.8) is 0 Å². The lowest BCUT2D eigenvalue weighted by Crippen LogP contribution is -2.31. The molecule has 1 unspecified atom stereocenters. The predicted octanol–water partition coefficient (Wildman–Crippen LogP) is 4.75. The highest BCUT2D eigenvalue weighted by Crippen LogP contribution is 2.13. The van der Waals surface area contributed by atoms with E-state index in [0.29, 0.717) is 25.9 Å². The van der Waals surface area contributed by atoms with Crippen molar-refractivity contribution in [1.82, 2.24) is 4.90 Å². The van der Waals surface area contributed by atoms with Gasteiger partial charge in [-0.05, 0) is 63.4 Å². The molecule has 0 aromatic heterocycles. The van der Waals surface area contributed by atoms with Gasteiger partial charge in [-0.3, -0.25) is 4.79 Å². The van der Waals surface area contributed by atoms with Gasteiger partial charge in [-0.1, -0.05) is 32.9 Å². The number of carbonyl (C=O) groups excluding carboxylic acids is 3. The van der Waals surface area contributed by atoms with E-state index in [2.05, 4.69) is 37.4 Å². The number of nitrogens with two attached hydrogens (primary N) is 1. The number of carbonyl (C=O) groups is 4. The van der Waals surface area contributed by atoms with E-state index in [1.807, 2.05) is 26.0 Å². The first-order chi connectivity index (χ1) is 17.2. The second-order valence-electron chi connectivity index (χ2n) is 8.02. The van der Waals surface area contributed by atoms with Crippen LogP contribution in [0.1, 0.15) is 77.3 Å². The number of thiol groups is 1. The van der Waals surface area contributed by atoms with Crippen LogP contribution >= 0.6 is 12.6 Å². The number of anilines is 1. The van der Waals surface area contributed by atoms with Crippen LogP contribution in [0.25, 0.3) is 0 Å². The number of hydrogen-bond acceptors (Lipinski definition) is 8. The summed E-state index contributed by atoms with van der Waals surface area (Å²) in [5.41, 5.74) is 8.89. The van der Waals surface area contributed by atoms with E-state index < -0.39 is 0 Å². The molecule has 0 radical (unpaired) electrons. The van der Waals surface area contributed by atoms with Crippen molar-refractivity contribution in [3.05, 3.63) is 29.3 Å². The highest BCUT2D eigenvalue weighted by Gasteiger charge is 2.08. The molecular weight excluding hydrogens is 480 g/mol. The van der Waals surface area contributed by atoms with Gasteiger partial charge in [0.25, 0.3) is 6.47 Å². The Balaban J connectivity index is -0.000000469. The van der Waals surface area contributed by atoms with Gasteiger partial charge >= 0.3 is 0 Å². The monoisotopic (exact) mass is 528 g/mol. The largest absolute Gasteiger partial charge is 0.483 e. The summed E-state index contributed by atoms with van der Waals surface area (Å²) >= 11 is 4.34. The molecule has 0 fully saturated rings. The van der Waals surface area contributed by atoms with Gasteiger partial charge in [0.15, 0.2) is 0 Å². The third-order valence-electron chi connectivity index (χ3n) is 4.79. The Morgan fingerprint density at radius 2 is 1.78 bits per heavy atom. The molecule has 0 bridgehead atoms. The Labute approximate surface area is 223 Å². The van der Waals surface area contributed by atoms with E-state index in [9.17, 15) is 14.4 Å². The normalized spacial score (nSPS) is 10.4. The van der Waals surface area contributed by atoms with Crippen LogP contribution in [0.15, 0.2) is 18.2 Å². The molecule has 0 saturated heterocycles. The van der Waals surface area contributed by atoms with E-state index >= 15 is 0 Å². The summed E-state index contributed by atoms with van der Waals surface area (Å²) in [5.74, 6) is 0.255. The molecule has 8 nitrogen and oxygen atoms in total. The Kier molecular flexibility index (Phi) is 30.9. The third kappa shape index (κ3) is 28.0. The molecule has 9 heteroatoms. The first kappa shape index (κ1) is 38.3. The summed E-state index contributed by atoms with van der Waals surface area (Å²) in [7, 11) is 0. The minimum atomic E-state index is -0.250. The van der Waals surface area contributed by atoms with Gasteiger partial charge < -0.3 is 34.9 Å². The maximum Gasteiger partial charge on any atom is 0.290 e. The van der Waals surface area contributed by atoms with Crippen LogP contribution in [0.2, 0.25) is 0 Å². The summed E-state index contributed by atoms with van der Waals surface area (Å²) in [6.45, 7) is 13.7. The predicted molar refractivity (Wildman–Crippen MR) is 151 cm³/mol. The molecule has 1 aromatic carbocycles. The maximum atomic E-state index is 10.3. The van der Waals surface area contributed by atoms with Crippen LogP contribution in [0.5, 0.6) is 0 Å². The van der Waals surface area contributed by atoms with Gasteiger partial charge in [-0.25, -0.2) is 0 Å². The zero-order valence-corrected chi connectivity index (χ0v) is 23.7. The fraction of sp³-hybridized carbons (Fsp3) is 0.630. The number of nitrogen functional groups attached to an aromatic ring is 1. The van der Waals surface area contributed by atoms with Gasteiger partial charge in [0.05, 0.1) is 6.61 Å². The number of unbranched alkanes of at least 4 members (excludes halogenated alkanes) is 2. The van der Waals surface area contributed by atoms with E-state index in [4.69, 9.17) is 20.4 Å². The molecule has 0 aliphatic rings. The second kappa shape index (κ2) is 29.0. The van der Waals surface area contributed by atoms with Crippen LogP contribution in [0.3, 0.4) is 0 Å². The summed E-state index contributed by atoms with van der Waals surface area (Å²) in [4.78, 5) is 40.8. The molecule has 36 heavy (non-hydrogen) atoms. The van der Waals surface area contributed by atoms with Gasteiger partial charge in [-0.15, -0.1) is 0 Å². The van der Waals surface area contributed by atoms with E-state index in [-0.39, 0.29) is 17.5 Å². The average Bonchev–Trinajstić information content (AvgIpc) is 2.85. The Morgan fingerprint density at radius 1 is 1.17 bits per heavy atom. The number of hydrogen-bond donors (Lipinski definition) is 3. The SMILES string of the molecule is CCC(C)=O.CCCOCc1ccc(C)c(N)c1.CCN(CCCCC=O)CC(S)CC=O.O=CO. The molecule has 1 atom stereocenters. The lowest BCUT2D eigenvalue weighted by Gasteiger charge is -2.22. The lowest BCUT2D eigenvalue weighted by molar-refractivity contribution is -0.123. The first-order valence-corrected chi connectivity index (χ1v) is 13.0.